The molecule has 2 amide bonds. The van der Waals surface area contributed by atoms with E-state index in [0.29, 0.717) is 29.7 Å². The average Bonchev–Trinajstić information content (AvgIpc) is 3.39. The number of carbonyl (C=O) groups is 2. The lowest BCUT2D eigenvalue weighted by molar-refractivity contribution is 0.0713. The molecule has 2 aromatic heterocycles. The Morgan fingerprint density at radius 2 is 1.69 bits per heavy atom. The number of sulfonamides is 1. The molecule has 0 atom stereocenters. The van der Waals surface area contributed by atoms with Crippen LogP contribution in [0.5, 0.6) is 0 Å². The predicted molar refractivity (Wildman–Crippen MR) is 149 cm³/mol. The maximum absolute atomic E-state index is 13.8. The summed E-state index contributed by atoms with van der Waals surface area (Å²) in [6, 6.07) is 17.3. The van der Waals surface area contributed by atoms with Gasteiger partial charge in [-0.2, -0.15) is 9.61 Å². The highest BCUT2D eigenvalue weighted by molar-refractivity contribution is 7.90. The summed E-state index contributed by atoms with van der Waals surface area (Å²) in [5.74, 6) is -0.709. The van der Waals surface area contributed by atoms with Crippen molar-refractivity contribution in [2.24, 2.45) is 0 Å². The first-order chi connectivity index (χ1) is 18.8. The first kappa shape index (κ1) is 26.6. The molecular formula is C27H27ClN6O4S. The van der Waals surface area contributed by atoms with Crippen molar-refractivity contribution in [3.8, 4) is 0 Å². The summed E-state index contributed by atoms with van der Waals surface area (Å²) >= 11 is 6.39. The minimum Gasteiger partial charge on any atom is -0.338 e. The van der Waals surface area contributed by atoms with E-state index < -0.39 is 15.9 Å². The Morgan fingerprint density at radius 1 is 1.00 bits per heavy atom. The Labute approximate surface area is 231 Å². The molecule has 1 aliphatic heterocycles. The summed E-state index contributed by atoms with van der Waals surface area (Å²) in [4.78, 5) is 32.6. The summed E-state index contributed by atoms with van der Waals surface area (Å²) in [6.07, 6.45) is 4.26. The van der Waals surface area contributed by atoms with Gasteiger partial charge in [0.25, 0.3) is 11.8 Å². The Balaban J connectivity index is 1.49. The van der Waals surface area contributed by atoms with Crippen LogP contribution in [-0.2, 0) is 10.0 Å². The van der Waals surface area contributed by atoms with Gasteiger partial charge in [-0.05, 0) is 43.4 Å². The van der Waals surface area contributed by atoms with E-state index in [4.69, 9.17) is 11.6 Å². The van der Waals surface area contributed by atoms with Gasteiger partial charge in [0.05, 0.1) is 22.7 Å². The van der Waals surface area contributed by atoms with E-state index in [2.05, 4.69) is 27.5 Å². The van der Waals surface area contributed by atoms with E-state index in [1.165, 1.54) is 29.4 Å². The second-order valence-corrected chi connectivity index (χ2v) is 11.6. The monoisotopic (exact) mass is 566 g/mol. The van der Waals surface area contributed by atoms with Crippen LogP contribution in [0.1, 0.15) is 52.0 Å². The molecule has 2 aromatic carbocycles. The van der Waals surface area contributed by atoms with Crippen LogP contribution in [0.4, 0.5) is 11.5 Å². The summed E-state index contributed by atoms with van der Waals surface area (Å²) < 4.78 is 27.3. The van der Waals surface area contributed by atoms with Crippen molar-refractivity contribution >= 4 is 50.6 Å². The number of halogens is 1. The highest BCUT2D eigenvalue weighted by Gasteiger charge is 2.29. The maximum atomic E-state index is 13.8. The van der Waals surface area contributed by atoms with Crippen molar-refractivity contribution in [1.29, 1.82) is 0 Å². The number of nitrogens with one attached hydrogen (secondary N) is 2. The van der Waals surface area contributed by atoms with Gasteiger partial charge in [0.2, 0.25) is 10.0 Å². The number of aromatic nitrogens is 3. The van der Waals surface area contributed by atoms with Crippen molar-refractivity contribution in [3.05, 3.63) is 88.7 Å². The van der Waals surface area contributed by atoms with Gasteiger partial charge in [0.1, 0.15) is 16.9 Å². The van der Waals surface area contributed by atoms with Crippen molar-refractivity contribution in [1.82, 2.24) is 24.2 Å². The zero-order valence-electron chi connectivity index (χ0n) is 21.2. The standard InChI is InChI=1S/C27H27ClN6O4S/c1-2-39(37,38)32-26(35)20-17-30-34-24(20)29-16-21(25(34)31-23-11-7-6-10-22(23)28)27(36)33-14-12-19(13-15-33)18-8-4-3-5-9-18/h3-11,16-17,19,31H,2,12-15H2,1H3,(H,32,35). The minimum atomic E-state index is -3.80. The van der Waals surface area contributed by atoms with Gasteiger partial charge in [0, 0.05) is 19.3 Å². The highest BCUT2D eigenvalue weighted by atomic mass is 35.5. The number of benzene rings is 2. The zero-order chi connectivity index (χ0) is 27.6. The van der Waals surface area contributed by atoms with Crippen LogP contribution in [0.25, 0.3) is 5.65 Å². The number of nitrogens with zero attached hydrogens (tertiary/aromatic N) is 4. The van der Waals surface area contributed by atoms with Crippen molar-refractivity contribution in [2.75, 3.05) is 24.2 Å². The van der Waals surface area contributed by atoms with Crippen molar-refractivity contribution in [3.63, 3.8) is 0 Å². The highest BCUT2D eigenvalue weighted by Crippen LogP contribution is 2.31. The lowest BCUT2D eigenvalue weighted by atomic mass is 9.89. The largest absolute Gasteiger partial charge is 0.338 e. The Bertz CT molecular complexity index is 1630. The fourth-order valence-electron chi connectivity index (χ4n) is 4.64. The van der Waals surface area contributed by atoms with E-state index in [1.54, 1.807) is 29.2 Å². The zero-order valence-corrected chi connectivity index (χ0v) is 22.7. The molecule has 12 heteroatoms. The lowest BCUT2D eigenvalue weighted by Gasteiger charge is -2.32. The molecule has 4 aromatic rings. The van der Waals surface area contributed by atoms with E-state index in [1.807, 2.05) is 22.9 Å². The smallest absolute Gasteiger partial charge is 0.270 e. The fourth-order valence-corrected chi connectivity index (χ4v) is 5.36. The second-order valence-electron chi connectivity index (χ2n) is 9.23. The normalized spacial score (nSPS) is 14.4. The van der Waals surface area contributed by atoms with Crippen molar-refractivity contribution < 1.29 is 18.0 Å². The van der Waals surface area contributed by atoms with Gasteiger partial charge in [-0.1, -0.05) is 54.1 Å². The topological polar surface area (TPSA) is 126 Å². The Kier molecular flexibility index (Phi) is 7.53. The molecule has 0 radical (unpaired) electrons. The number of hydrogen-bond acceptors (Lipinski definition) is 7. The van der Waals surface area contributed by atoms with Crippen molar-refractivity contribution in [2.45, 2.75) is 25.7 Å². The number of hydrogen-bond donors (Lipinski definition) is 2. The van der Waals surface area contributed by atoms with E-state index in [-0.39, 0.29) is 34.3 Å². The average molecular weight is 567 g/mol. The van der Waals surface area contributed by atoms with E-state index >= 15 is 0 Å². The SMILES string of the molecule is CCS(=O)(=O)NC(=O)c1cnn2c(Nc3ccccc3Cl)c(C(=O)N3CCC(c4ccccc4)CC3)cnc12. The number of amides is 2. The number of piperidine rings is 1. The predicted octanol–water partition coefficient (Wildman–Crippen LogP) is 4.23. The fraction of sp³-hybridized carbons (Fsp3) is 0.259. The van der Waals surface area contributed by atoms with Gasteiger partial charge >= 0.3 is 0 Å². The van der Waals surface area contributed by atoms with Crippen LogP contribution in [0.2, 0.25) is 5.02 Å². The number of rotatable bonds is 7. The van der Waals surface area contributed by atoms with Gasteiger partial charge < -0.3 is 10.2 Å². The summed E-state index contributed by atoms with van der Waals surface area (Å²) in [7, 11) is -3.80. The molecule has 1 fully saturated rings. The molecule has 0 saturated carbocycles. The van der Waals surface area contributed by atoms with Crippen LogP contribution in [-0.4, -0.2) is 58.6 Å². The Hall–Kier alpha value is -3.96. The quantitative estimate of drug-likeness (QED) is 0.343. The molecule has 5 rings (SSSR count). The summed E-state index contributed by atoms with van der Waals surface area (Å²) in [5, 5.41) is 7.88. The van der Waals surface area contributed by atoms with E-state index in [9.17, 15) is 18.0 Å². The third-order valence-corrected chi connectivity index (χ3v) is 8.40. The number of anilines is 2. The Morgan fingerprint density at radius 3 is 2.38 bits per heavy atom. The molecule has 2 N–H and O–H groups in total. The van der Waals surface area contributed by atoms with Gasteiger partial charge in [-0.15, -0.1) is 0 Å². The van der Waals surface area contributed by atoms with Crippen LogP contribution < -0.4 is 10.0 Å². The first-order valence-electron chi connectivity index (χ1n) is 12.5. The minimum absolute atomic E-state index is 0.0445. The van der Waals surface area contributed by atoms with Gasteiger partial charge in [0.15, 0.2) is 5.65 Å². The van der Waals surface area contributed by atoms with Crippen LogP contribution in [0.15, 0.2) is 67.0 Å². The first-order valence-corrected chi connectivity index (χ1v) is 14.6. The molecule has 202 valence electrons. The number of para-hydroxylation sites is 1. The van der Waals surface area contributed by atoms with E-state index in [0.717, 1.165) is 12.8 Å². The third kappa shape index (κ3) is 5.59. The maximum Gasteiger partial charge on any atom is 0.270 e. The number of likely N-dealkylation sites (tertiary alicyclic amines) is 1. The van der Waals surface area contributed by atoms with Crippen LogP contribution in [0, 0.1) is 0 Å². The van der Waals surface area contributed by atoms with Crippen LogP contribution in [0.3, 0.4) is 0 Å². The third-order valence-electron chi connectivity index (χ3n) is 6.81. The van der Waals surface area contributed by atoms with Gasteiger partial charge in [-0.3, -0.25) is 9.59 Å². The molecule has 39 heavy (non-hydrogen) atoms. The van der Waals surface area contributed by atoms with Gasteiger partial charge in [-0.25, -0.2) is 18.1 Å². The molecule has 1 saturated heterocycles. The number of carbonyl (C=O) groups excluding carboxylic acids is 2. The molecule has 3 heterocycles. The molecule has 0 aliphatic carbocycles. The van der Waals surface area contributed by atoms with Crippen LogP contribution >= 0.6 is 11.6 Å². The lowest BCUT2D eigenvalue weighted by Crippen LogP contribution is -2.38. The molecule has 10 nitrogen and oxygen atoms in total. The molecule has 0 bridgehead atoms. The number of fused-ring (bicyclic) bond motifs is 1. The summed E-state index contributed by atoms with van der Waals surface area (Å²) in [5.41, 5.74) is 2.08. The summed E-state index contributed by atoms with van der Waals surface area (Å²) in [6.45, 7) is 2.57. The molecular weight excluding hydrogens is 540 g/mol. The molecule has 1 aliphatic rings. The molecule has 0 unspecified atom stereocenters. The second kappa shape index (κ2) is 11.0. The molecule has 0 spiro atoms.